The summed E-state index contributed by atoms with van der Waals surface area (Å²) in [4.78, 5) is 13.4. The minimum absolute atomic E-state index is 0.0189. The van der Waals surface area contributed by atoms with Crippen LogP contribution in [-0.2, 0) is 32.2 Å². The van der Waals surface area contributed by atoms with Gasteiger partial charge in [-0.3, -0.25) is 4.79 Å². The molecule has 41 heavy (non-hydrogen) atoms. The third kappa shape index (κ3) is 9.21. The minimum Gasteiger partial charge on any atom is -0.459 e. The summed E-state index contributed by atoms with van der Waals surface area (Å²) in [7, 11) is 0. The molecule has 0 saturated heterocycles. The lowest BCUT2D eigenvalue weighted by Crippen LogP contribution is -2.48. The Morgan fingerprint density at radius 2 is 1.49 bits per heavy atom. The van der Waals surface area contributed by atoms with E-state index in [0.29, 0.717) is 17.5 Å². The first kappa shape index (κ1) is 33.4. The van der Waals surface area contributed by atoms with Gasteiger partial charge in [-0.25, -0.2) is 0 Å². The fourth-order valence-corrected chi connectivity index (χ4v) is 5.69. The average molecular weight is 634 g/mol. The molecule has 1 heterocycles. The Bertz CT molecular complexity index is 1120. The number of rotatable bonds is 7. The standard InChI is InChI=1S/C33H45BrO7/c1-6-30-33(5,38)28(34)17-26(39-20-24-13-9-7-10-14-24)22(2)19-32(4,37)29(35)18-27(23(3)31(36)41-30)40-21-25-15-11-8-12-16-25/h7-17,22-23,26-27,29-30,35,37-38H,6,18-21H2,1-5H3/b28-17-/t22-,23-,26-,27+,29-,30-,32-,33+/m1/s1. The van der Waals surface area contributed by atoms with Crippen LogP contribution in [0.2, 0.25) is 0 Å². The minimum atomic E-state index is -1.54. The third-order valence-corrected chi connectivity index (χ3v) is 9.11. The summed E-state index contributed by atoms with van der Waals surface area (Å²) in [5, 5.41) is 34.3. The predicted molar refractivity (Wildman–Crippen MR) is 162 cm³/mol. The fraction of sp³-hybridized carbons (Fsp3) is 0.545. The summed E-state index contributed by atoms with van der Waals surface area (Å²) in [5.74, 6) is -1.57. The number of carbonyl (C=O) groups excluding carboxylic acids is 1. The molecule has 0 radical (unpaired) electrons. The lowest BCUT2D eigenvalue weighted by atomic mass is 9.81. The van der Waals surface area contributed by atoms with Gasteiger partial charge < -0.3 is 29.5 Å². The molecule has 0 unspecified atom stereocenters. The van der Waals surface area contributed by atoms with Crippen LogP contribution in [-0.4, -0.2) is 56.9 Å². The van der Waals surface area contributed by atoms with Crippen LogP contribution in [0.5, 0.6) is 0 Å². The van der Waals surface area contributed by atoms with Crippen LogP contribution in [0.4, 0.5) is 0 Å². The van der Waals surface area contributed by atoms with Crippen molar-refractivity contribution >= 4 is 21.9 Å². The van der Waals surface area contributed by atoms with Crippen LogP contribution in [0.15, 0.2) is 71.2 Å². The van der Waals surface area contributed by atoms with Crippen LogP contribution in [0.25, 0.3) is 0 Å². The number of hydrogen-bond donors (Lipinski definition) is 3. The molecule has 0 bridgehead atoms. The molecule has 3 N–H and O–H groups in total. The van der Waals surface area contributed by atoms with Crippen molar-refractivity contribution in [1.82, 2.24) is 0 Å². The van der Waals surface area contributed by atoms with Gasteiger partial charge in [0.15, 0.2) is 0 Å². The maximum Gasteiger partial charge on any atom is 0.311 e. The van der Waals surface area contributed by atoms with E-state index in [-0.39, 0.29) is 25.4 Å². The predicted octanol–water partition coefficient (Wildman–Crippen LogP) is 5.69. The molecule has 0 aromatic heterocycles. The van der Waals surface area contributed by atoms with E-state index in [1.807, 2.05) is 74.5 Å². The van der Waals surface area contributed by atoms with E-state index in [1.54, 1.807) is 26.8 Å². The monoisotopic (exact) mass is 632 g/mol. The van der Waals surface area contributed by atoms with Gasteiger partial charge in [-0.15, -0.1) is 0 Å². The van der Waals surface area contributed by atoms with E-state index in [1.165, 1.54) is 0 Å². The normalized spacial score (nSPS) is 35.1. The Kier molecular flexibility index (Phi) is 12.1. The van der Waals surface area contributed by atoms with Gasteiger partial charge in [0.25, 0.3) is 0 Å². The molecule has 226 valence electrons. The number of hydrogen-bond acceptors (Lipinski definition) is 7. The number of aliphatic hydroxyl groups excluding tert-OH is 1. The molecule has 8 atom stereocenters. The van der Waals surface area contributed by atoms with Crippen molar-refractivity contribution in [1.29, 1.82) is 0 Å². The smallest absolute Gasteiger partial charge is 0.311 e. The van der Waals surface area contributed by atoms with Gasteiger partial charge in [-0.1, -0.05) is 90.4 Å². The summed E-state index contributed by atoms with van der Waals surface area (Å²) < 4.78 is 18.8. The van der Waals surface area contributed by atoms with Gasteiger partial charge in [0, 0.05) is 10.9 Å². The molecule has 2 aromatic rings. The Morgan fingerprint density at radius 1 is 0.951 bits per heavy atom. The molecular formula is C33H45BrO7. The van der Waals surface area contributed by atoms with Gasteiger partial charge in [-0.2, -0.15) is 0 Å². The number of esters is 1. The van der Waals surface area contributed by atoms with Crippen molar-refractivity contribution in [2.45, 2.75) is 103 Å². The summed E-state index contributed by atoms with van der Waals surface area (Å²) >= 11 is 3.55. The van der Waals surface area contributed by atoms with E-state index in [9.17, 15) is 20.1 Å². The maximum atomic E-state index is 13.4. The molecule has 0 spiro atoms. The fourth-order valence-electron chi connectivity index (χ4n) is 5.18. The SMILES string of the molecule is CC[C@H]1OC(=O)[C@H](C)[C@@H](OCc2ccccc2)C[C@@H](O)[C@](C)(O)C[C@@H](C)[C@H](OCc2ccccc2)/C=C(\Br)[C@]1(C)O. The van der Waals surface area contributed by atoms with Crippen molar-refractivity contribution in [2.24, 2.45) is 11.8 Å². The maximum absolute atomic E-state index is 13.4. The van der Waals surface area contributed by atoms with Crippen LogP contribution in [0.1, 0.15) is 65.0 Å². The van der Waals surface area contributed by atoms with Crippen molar-refractivity contribution in [3.8, 4) is 0 Å². The number of cyclic esters (lactones) is 1. The number of halogens is 1. The van der Waals surface area contributed by atoms with E-state index in [2.05, 4.69) is 15.9 Å². The number of ether oxygens (including phenoxy) is 3. The molecule has 1 aliphatic heterocycles. The summed E-state index contributed by atoms with van der Waals surface area (Å²) in [6.07, 6.45) is -0.946. The molecule has 0 amide bonds. The van der Waals surface area contributed by atoms with E-state index < -0.39 is 47.5 Å². The zero-order valence-electron chi connectivity index (χ0n) is 24.7. The molecule has 0 saturated carbocycles. The highest BCUT2D eigenvalue weighted by Gasteiger charge is 2.42. The third-order valence-electron chi connectivity index (χ3n) is 8.04. The van der Waals surface area contributed by atoms with Crippen LogP contribution >= 0.6 is 15.9 Å². The van der Waals surface area contributed by atoms with Crippen molar-refractivity contribution < 1.29 is 34.3 Å². The van der Waals surface area contributed by atoms with Gasteiger partial charge in [-0.05, 0) is 56.7 Å². The lowest BCUT2D eigenvalue weighted by molar-refractivity contribution is -0.173. The highest BCUT2D eigenvalue weighted by Crippen LogP contribution is 2.35. The van der Waals surface area contributed by atoms with Gasteiger partial charge in [0.2, 0.25) is 0 Å². The van der Waals surface area contributed by atoms with Crippen LogP contribution in [0.3, 0.4) is 0 Å². The molecule has 0 fully saturated rings. The summed E-state index contributed by atoms with van der Waals surface area (Å²) in [6.45, 7) is 9.22. The number of aliphatic hydroxyl groups is 3. The van der Waals surface area contributed by atoms with Crippen molar-refractivity contribution in [3.63, 3.8) is 0 Å². The van der Waals surface area contributed by atoms with Gasteiger partial charge in [0.1, 0.15) is 11.7 Å². The zero-order chi connectivity index (χ0) is 30.2. The first-order valence-corrected chi connectivity index (χ1v) is 15.2. The summed E-state index contributed by atoms with van der Waals surface area (Å²) in [5.41, 5.74) is -1.14. The number of benzene rings is 2. The second-order valence-electron chi connectivity index (χ2n) is 11.7. The van der Waals surface area contributed by atoms with Gasteiger partial charge >= 0.3 is 5.97 Å². The quantitative estimate of drug-likeness (QED) is 0.337. The highest BCUT2D eigenvalue weighted by molar-refractivity contribution is 9.11. The molecule has 7 nitrogen and oxygen atoms in total. The van der Waals surface area contributed by atoms with E-state index >= 15 is 0 Å². The average Bonchev–Trinajstić information content (AvgIpc) is 2.95. The van der Waals surface area contributed by atoms with Gasteiger partial charge in [0.05, 0.1) is 43.0 Å². The first-order chi connectivity index (χ1) is 19.3. The molecule has 3 rings (SSSR count). The zero-order valence-corrected chi connectivity index (χ0v) is 26.3. The molecule has 1 aliphatic rings. The van der Waals surface area contributed by atoms with Crippen LogP contribution in [0, 0.1) is 11.8 Å². The lowest BCUT2D eigenvalue weighted by Gasteiger charge is -2.38. The Labute approximate surface area is 252 Å². The van der Waals surface area contributed by atoms with E-state index in [0.717, 1.165) is 11.1 Å². The first-order valence-electron chi connectivity index (χ1n) is 14.4. The van der Waals surface area contributed by atoms with Crippen LogP contribution < -0.4 is 0 Å². The summed E-state index contributed by atoms with van der Waals surface area (Å²) in [6, 6.07) is 19.3. The second-order valence-corrected chi connectivity index (χ2v) is 12.5. The van der Waals surface area contributed by atoms with Crippen molar-refractivity contribution in [3.05, 3.63) is 82.3 Å². The largest absolute Gasteiger partial charge is 0.459 e. The Hall–Kier alpha value is -2.07. The second kappa shape index (κ2) is 14.9. The highest BCUT2D eigenvalue weighted by atomic mass is 79.9. The molecule has 2 aromatic carbocycles. The topological polar surface area (TPSA) is 105 Å². The molecular weight excluding hydrogens is 588 g/mol. The Balaban J connectivity index is 1.95. The van der Waals surface area contributed by atoms with E-state index in [4.69, 9.17) is 14.2 Å². The molecule has 0 aliphatic carbocycles. The Morgan fingerprint density at radius 3 is 2.02 bits per heavy atom. The number of carbonyl (C=O) groups is 1. The van der Waals surface area contributed by atoms with Crippen molar-refractivity contribution in [2.75, 3.05) is 0 Å². The molecule has 8 heteroatoms.